The predicted octanol–water partition coefficient (Wildman–Crippen LogP) is 1.73. The first-order valence-electron chi connectivity index (χ1n) is 10.0. The molecule has 1 aromatic rings. The van der Waals surface area contributed by atoms with Crippen molar-refractivity contribution >= 4 is 17.6 Å². The van der Waals surface area contributed by atoms with E-state index in [1.165, 1.54) is 0 Å². The van der Waals surface area contributed by atoms with Gasteiger partial charge in [-0.15, -0.1) is 0 Å². The molecule has 1 saturated carbocycles. The lowest BCUT2D eigenvalue weighted by Gasteiger charge is -2.33. The van der Waals surface area contributed by atoms with E-state index in [0.29, 0.717) is 23.8 Å². The Balaban J connectivity index is 1.32. The summed E-state index contributed by atoms with van der Waals surface area (Å²) >= 11 is 0. The van der Waals surface area contributed by atoms with Crippen molar-refractivity contribution in [1.29, 1.82) is 0 Å². The van der Waals surface area contributed by atoms with E-state index in [1.807, 2.05) is 0 Å². The van der Waals surface area contributed by atoms with Crippen LogP contribution in [-0.2, 0) is 0 Å². The number of hydrogen-bond donors (Lipinski definition) is 3. The molecule has 3 amide bonds. The molecule has 3 rings (SSSR count). The number of rotatable bonds is 8. The monoisotopic (exact) mass is 373 g/mol. The molecule has 3 N–H and O–H groups in total. The smallest absolute Gasteiger partial charge is 0.319 e. The van der Waals surface area contributed by atoms with Crippen LogP contribution in [-0.4, -0.2) is 73.6 Å². The highest BCUT2D eigenvalue weighted by molar-refractivity contribution is 5.95. The van der Waals surface area contributed by atoms with E-state index in [0.717, 1.165) is 58.5 Å². The number of piperazine rings is 1. The fourth-order valence-corrected chi connectivity index (χ4v) is 3.22. The van der Waals surface area contributed by atoms with Crippen LogP contribution in [0.3, 0.4) is 0 Å². The predicted molar refractivity (Wildman–Crippen MR) is 107 cm³/mol. The van der Waals surface area contributed by atoms with Crippen LogP contribution in [0.4, 0.5) is 10.5 Å². The Bertz CT molecular complexity index is 622. The fourth-order valence-electron chi connectivity index (χ4n) is 3.22. The Labute approximate surface area is 161 Å². The number of likely N-dealkylation sites (N-methyl/N-ethyl adjacent to an activating group) is 1. The van der Waals surface area contributed by atoms with Gasteiger partial charge in [-0.25, -0.2) is 4.79 Å². The standard InChI is InChI=1S/C20H31N5O2/c1-2-24-12-14-25(15-13-24)11-3-10-21-19(26)16-4-6-17(7-5-16)22-20(27)23-18-8-9-18/h4-7,18H,2-3,8-15H2,1H3,(H,21,26)(H2,22,23,27). The van der Waals surface area contributed by atoms with Crippen molar-refractivity contribution in [2.45, 2.75) is 32.2 Å². The summed E-state index contributed by atoms with van der Waals surface area (Å²) in [5.41, 5.74) is 1.30. The highest BCUT2D eigenvalue weighted by Crippen LogP contribution is 2.19. The lowest BCUT2D eigenvalue weighted by Crippen LogP contribution is -2.46. The van der Waals surface area contributed by atoms with Crippen molar-refractivity contribution in [1.82, 2.24) is 20.4 Å². The van der Waals surface area contributed by atoms with Gasteiger partial charge < -0.3 is 25.8 Å². The van der Waals surface area contributed by atoms with E-state index in [1.54, 1.807) is 24.3 Å². The molecule has 2 aliphatic rings. The Morgan fingerprint density at radius 2 is 1.70 bits per heavy atom. The van der Waals surface area contributed by atoms with Gasteiger partial charge >= 0.3 is 6.03 Å². The van der Waals surface area contributed by atoms with Gasteiger partial charge in [0.25, 0.3) is 5.91 Å². The summed E-state index contributed by atoms with van der Waals surface area (Å²) in [7, 11) is 0. The maximum atomic E-state index is 12.2. The van der Waals surface area contributed by atoms with Gasteiger partial charge in [0.2, 0.25) is 0 Å². The van der Waals surface area contributed by atoms with E-state index in [2.05, 4.69) is 32.7 Å². The fraction of sp³-hybridized carbons (Fsp3) is 0.600. The number of nitrogens with zero attached hydrogens (tertiary/aromatic N) is 2. The van der Waals surface area contributed by atoms with Gasteiger partial charge in [0.05, 0.1) is 0 Å². The van der Waals surface area contributed by atoms with Crippen LogP contribution in [0.15, 0.2) is 24.3 Å². The van der Waals surface area contributed by atoms with E-state index >= 15 is 0 Å². The zero-order chi connectivity index (χ0) is 19.1. The summed E-state index contributed by atoms with van der Waals surface area (Å²) in [5, 5.41) is 8.63. The summed E-state index contributed by atoms with van der Waals surface area (Å²) in [4.78, 5) is 28.9. The van der Waals surface area contributed by atoms with Gasteiger partial charge in [-0.05, 0) is 56.6 Å². The average Bonchev–Trinajstić information content (AvgIpc) is 3.50. The molecule has 148 valence electrons. The van der Waals surface area contributed by atoms with Crippen LogP contribution in [0.25, 0.3) is 0 Å². The van der Waals surface area contributed by atoms with Crippen LogP contribution in [0.2, 0.25) is 0 Å². The summed E-state index contributed by atoms with van der Waals surface area (Å²) in [5.74, 6) is -0.0696. The molecule has 1 aliphatic heterocycles. The minimum absolute atomic E-state index is 0.0696. The zero-order valence-electron chi connectivity index (χ0n) is 16.2. The molecule has 1 aromatic carbocycles. The van der Waals surface area contributed by atoms with Crippen molar-refractivity contribution in [3.8, 4) is 0 Å². The molecule has 0 spiro atoms. The maximum Gasteiger partial charge on any atom is 0.319 e. The van der Waals surface area contributed by atoms with Crippen molar-refractivity contribution in [2.24, 2.45) is 0 Å². The Morgan fingerprint density at radius 1 is 1.04 bits per heavy atom. The van der Waals surface area contributed by atoms with Crippen LogP contribution >= 0.6 is 0 Å². The maximum absolute atomic E-state index is 12.2. The molecule has 0 aromatic heterocycles. The first kappa shape index (κ1) is 19.6. The van der Waals surface area contributed by atoms with Gasteiger partial charge in [-0.3, -0.25) is 4.79 Å². The van der Waals surface area contributed by atoms with Crippen LogP contribution < -0.4 is 16.0 Å². The second kappa shape index (κ2) is 9.71. The van der Waals surface area contributed by atoms with Gasteiger partial charge in [-0.1, -0.05) is 6.92 Å². The van der Waals surface area contributed by atoms with Crippen LogP contribution in [0, 0.1) is 0 Å². The highest BCUT2D eigenvalue weighted by atomic mass is 16.2. The molecule has 7 heteroatoms. The van der Waals surface area contributed by atoms with E-state index < -0.39 is 0 Å². The second-order valence-electron chi connectivity index (χ2n) is 7.34. The first-order chi connectivity index (χ1) is 13.1. The van der Waals surface area contributed by atoms with Crippen molar-refractivity contribution < 1.29 is 9.59 Å². The minimum atomic E-state index is -0.186. The molecular formula is C20H31N5O2. The SMILES string of the molecule is CCN1CCN(CCCNC(=O)c2ccc(NC(=O)NC3CC3)cc2)CC1. The average molecular weight is 374 g/mol. The van der Waals surface area contributed by atoms with Gasteiger partial charge in [0.15, 0.2) is 0 Å². The van der Waals surface area contributed by atoms with E-state index in [4.69, 9.17) is 0 Å². The molecular weight excluding hydrogens is 342 g/mol. The number of amides is 3. The van der Waals surface area contributed by atoms with Crippen molar-refractivity contribution in [3.63, 3.8) is 0 Å². The van der Waals surface area contributed by atoms with Crippen LogP contribution in [0.1, 0.15) is 36.5 Å². The number of anilines is 1. The molecule has 0 unspecified atom stereocenters. The Hall–Kier alpha value is -2.12. The number of benzene rings is 1. The molecule has 1 aliphatic carbocycles. The largest absolute Gasteiger partial charge is 0.352 e. The summed E-state index contributed by atoms with van der Waals surface area (Å²) in [6.45, 7) is 9.55. The molecule has 0 radical (unpaired) electrons. The van der Waals surface area contributed by atoms with Crippen molar-refractivity contribution in [2.75, 3.05) is 51.1 Å². The van der Waals surface area contributed by atoms with Crippen molar-refractivity contribution in [3.05, 3.63) is 29.8 Å². The molecule has 7 nitrogen and oxygen atoms in total. The topological polar surface area (TPSA) is 76.7 Å². The molecule has 2 fully saturated rings. The number of carbonyl (C=O) groups excluding carboxylic acids is 2. The van der Waals surface area contributed by atoms with E-state index in [-0.39, 0.29) is 11.9 Å². The summed E-state index contributed by atoms with van der Waals surface area (Å²) in [6, 6.07) is 7.14. The number of hydrogen-bond acceptors (Lipinski definition) is 4. The Morgan fingerprint density at radius 3 is 2.33 bits per heavy atom. The lowest BCUT2D eigenvalue weighted by molar-refractivity contribution is 0.0948. The van der Waals surface area contributed by atoms with Gasteiger partial charge in [-0.2, -0.15) is 0 Å². The molecule has 27 heavy (non-hydrogen) atoms. The number of nitrogens with one attached hydrogen (secondary N) is 3. The van der Waals surface area contributed by atoms with E-state index in [9.17, 15) is 9.59 Å². The number of carbonyl (C=O) groups is 2. The first-order valence-corrected chi connectivity index (χ1v) is 10.0. The molecule has 0 atom stereocenters. The van der Waals surface area contributed by atoms with Gasteiger partial charge in [0, 0.05) is 50.0 Å². The second-order valence-corrected chi connectivity index (χ2v) is 7.34. The normalized spacial score (nSPS) is 18.1. The molecule has 1 saturated heterocycles. The summed E-state index contributed by atoms with van der Waals surface area (Å²) < 4.78 is 0. The number of urea groups is 1. The quantitative estimate of drug-likeness (QED) is 0.607. The third-order valence-corrected chi connectivity index (χ3v) is 5.17. The zero-order valence-corrected chi connectivity index (χ0v) is 16.2. The summed E-state index contributed by atoms with van der Waals surface area (Å²) in [6.07, 6.45) is 3.07. The highest BCUT2D eigenvalue weighted by Gasteiger charge is 2.23. The third-order valence-electron chi connectivity index (χ3n) is 5.17. The molecule has 1 heterocycles. The Kier molecular flexibility index (Phi) is 7.06. The van der Waals surface area contributed by atoms with Gasteiger partial charge in [0.1, 0.15) is 0 Å². The van der Waals surface area contributed by atoms with Crippen LogP contribution in [0.5, 0.6) is 0 Å². The third kappa shape index (κ3) is 6.52. The lowest BCUT2D eigenvalue weighted by atomic mass is 10.2. The minimum Gasteiger partial charge on any atom is -0.352 e. The molecule has 0 bridgehead atoms.